The summed E-state index contributed by atoms with van der Waals surface area (Å²) in [7, 11) is 0. The van der Waals surface area contributed by atoms with Crippen molar-refractivity contribution in [3.05, 3.63) is 176 Å². The molecule has 2 heteroatoms. The van der Waals surface area contributed by atoms with Crippen molar-refractivity contribution in [2.24, 2.45) is 0 Å². The standard InChI is InChI=1S/C46H29NS/c1-2-10-30(11-3-1)31-20-23-35(24-21-31)47(36-25-26-41-44(29-36)48-43-27-22-33-13-5-7-15-38(33)46(41)43)42-28-34-19-18-32-12-4-6-14-37(32)45(34)40-17-9-8-16-39(40)42/h1-29H. The zero-order chi connectivity index (χ0) is 31.6. The van der Waals surface area contributed by atoms with Gasteiger partial charge in [-0.05, 0) is 85.2 Å². The van der Waals surface area contributed by atoms with Crippen LogP contribution in [0, 0.1) is 0 Å². The molecular weight excluding hydrogens is 599 g/mol. The molecule has 0 aliphatic heterocycles. The number of hydrogen-bond acceptors (Lipinski definition) is 2. The first kappa shape index (κ1) is 27.2. The number of rotatable bonds is 4. The number of benzene rings is 9. The lowest BCUT2D eigenvalue weighted by molar-refractivity contribution is 1.31. The first-order valence-corrected chi connectivity index (χ1v) is 17.2. The normalized spacial score (nSPS) is 11.8. The van der Waals surface area contributed by atoms with Crippen LogP contribution in [-0.4, -0.2) is 0 Å². The van der Waals surface area contributed by atoms with Crippen molar-refractivity contribution in [1.29, 1.82) is 0 Å². The van der Waals surface area contributed by atoms with Crippen LogP contribution in [0.25, 0.3) is 74.4 Å². The molecule has 10 aromatic rings. The van der Waals surface area contributed by atoms with Gasteiger partial charge in [0.25, 0.3) is 0 Å². The van der Waals surface area contributed by atoms with Crippen LogP contribution in [0.15, 0.2) is 176 Å². The zero-order valence-corrected chi connectivity index (χ0v) is 26.9. The molecule has 0 amide bonds. The average Bonchev–Trinajstić information content (AvgIpc) is 3.54. The third-order valence-corrected chi connectivity index (χ3v) is 10.9. The van der Waals surface area contributed by atoms with E-state index in [0.717, 1.165) is 11.4 Å². The van der Waals surface area contributed by atoms with E-state index in [1.54, 1.807) is 0 Å². The molecule has 224 valence electrons. The van der Waals surface area contributed by atoms with Gasteiger partial charge < -0.3 is 4.90 Å². The Labute approximate surface area is 282 Å². The van der Waals surface area contributed by atoms with Gasteiger partial charge in [0.05, 0.1) is 5.69 Å². The minimum absolute atomic E-state index is 1.13. The van der Waals surface area contributed by atoms with Crippen LogP contribution < -0.4 is 4.90 Å². The summed E-state index contributed by atoms with van der Waals surface area (Å²) in [5.41, 5.74) is 5.88. The zero-order valence-electron chi connectivity index (χ0n) is 26.1. The van der Waals surface area contributed by atoms with Crippen LogP contribution in [0.1, 0.15) is 0 Å². The molecule has 48 heavy (non-hydrogen) atoms. The summed E-state index contributed by atoms with van der Waals surface area (Å²) in [6, 6.07) is 64.5. The van der Waals surface area contributed by atoms with Gasteiger partial charge >= 0.3 is 0 Å². The predicted molar refractivity (Wildman–Crippen MR) is 209 cm³/mol. The highest BCUT2D eigenvalue weighted by atomic mass is 32.1. The Bertz CT molecular complexity index is 2830. The first-order valence-electron chi connectivity index (χ1n) is 16.4. The van der Waals surface area contributed by atoms with Crippen LogP contribution in [-0.2, 0) is 0 Å². The van der Waals surface area contributed by atoms with E-state index in [4.69, 9.17) is 0 Å². The Hall–Kier alpha value is -5.96. The maximum Gasteiger partial charge on any atom is 0.0546 e. The summed E-state index contributed by atoms with van der Waals surface area (Å²) in [4.78, 5) is 2.45. The van der Waals surface area contributed by atoms with Crippen LogP contribution in [0.3, 0.4) is 0 Å². The van der Waals surface area contributed by atoms with E-state index in [2.05, 4.69) is 181 Å². The Morgan fingerprint density at radius 2 is 0.917 bits per heavy atom. The van der Waals surface area contributed by atoms with Crippen LogP contribution >= 0.6 is 11.3 Å². The summed E-state index contributed by atoms with van der Waals surface area (Å²) < 4.78 is 2.61. The Morgan fingerprint density at radius 1 is 0.333 bits per heavy atom. The molecule has 0 aliphatic carbocycles. The lowest BCUT2D eigenvalue weighted by Gasteiger charge is -2.28. The van der Waals surface area contributed by atoms with Gasteiger partial charge in [0.2, 0.25) is 0 Å². The number of anilines is 3. The molecule has 0 saturated carbocycles. The second kappa shape index (κ2) is 10.8. The van der Waals surface area contributed by atoms with E-state index >= 15 is 0 Å². The largest absolute Gasteiger partial charge is 0.310 e. The molecule has 1 heterocycles. The van der Waals surface area contributed by atoms with Crippen LogP contribution in [0.4, 0.5) is 17.1 Å². The molecule has 10 rings (SSSR count). The molecule has 0 fully saturated rings. The van der Waals surface area contributed by atoms with Gasteiger partial charge in [-0.2, -0.15) is 0 Å². The quantitative estimate of drug-likeness (QED) is 0.176. The van der Waals surface area contributed by atoms with Gasteiger partial charge in [-0.25, -0.2) is 0 Å². The van der Waals surface area contributed by atoms with E-state index in [1.165, 1.54) is 80.1 Å². The number of thiophene rings is 1. The van der Waals surface area contributed by atoms with E-state index in [9.17, 15) is 0 Å². The summed E-state index contributed by atoms with van der Waals surface area (Å²) in [5, 5.41) is 12.8. The summed E-state index contributed by atoms with van der Waals surface area (Å²) in [6.45, 7) is 0. The minimum atomic E-state index is 1.13. The molecule has 0 unspecified atom stereocenters. The SMILES string of the molecule is c1ccc(-c2ccc(N(c3ccc4c(c3)sc3ccc5ccccc5c34)c3cc4ccc5ccccc5c4c4ccccc34)cc2)cc1. The molecule has 1 aromatic heterocycles. The molecule has 9 aromatic carbocycles. The number of nitrogens with zero attached hydrogens (tertiary/aromatic N) is 1. The lowest BCUT2D eigenvalue weighted by atomic mass is 9.94. The van der Waals surface area contributed by atoms with Crippen molar-refractivity contribution in [3.8, 4) is 11.1 Å². The van der Waals surface area contributed by atoms with Gasteiger partial charge in [-0.15, -0.1) is 11.3 Å². The maximum absolute atomic E-state index is 2.45. The van der Waals surface area contributed by atoms with Crippen molar-refractivity contribution >= 4 is 91.7 Å². The van der Waals surface area contributed by atoms with E-state index in [0.29, 0.717) is 0 Å². The molecule has 0 radical (unpaired) electrons. The van der Waals surface area contributed by atoms with E-state index in [1.807, 2.05) is 11.3 Å². The Morgan fingerprint density at radius 3 is 1.69 bits per heavy atom. The topological polar surface area (TPSA) is 3.24 Å². The van der Waals surface area contributed by atoms with Crippen molar-refractivity contribution < 1.29 is 0 Å². The third kappa shape index (κ3) is 4.24. The first-order chi connectivity index (χ1) is 23.8. The fraction of sp³-hybridized carbons (Fsp3) is 0. The summed E-state index contributed by atoms with van der Waals surface area (Å²) in [6.07, 6.45) is 0. The third-order valence-electron chi connectivity index (χ3n) is 9.80. The summed E-state index contributed by atoms with van der Waals surface area (Å²) in [5.74, 6) is 0. The highest BCUT2D eigenvalue weighted by molar-refractivity contribution is 7.26. The fourth-order valence-corrected chi connectivity index (χ4v) is 8.73. The van der Waals surface area contributed by atoms with E-state index in [-0.39, 0.29) is 0 Å². The Balaban J connectivity index is 1.24. The molecule has 0 aliphatic rings. The minimum Gasteiger partial charge on any atom is -0.310 e. The van der Waals surface area contributed by atoms with Crippen molar-refractivity contribution in [2.75, 3.05) is 4.90 Å². The second-order valence-corrected chi connectivity index (χ2v) is 13.6. The monoisotopic (exact) mass is 627 g/mol. The predicted octanol–water partition coefficient (Wildman–Crippen LogP) is 13.8. The molecule has 0 saturated heterocycles. The van der Waals surface area contributed by atoms with E-state index < -0.39 is 0 Å². The van der Waals surface area contributed by atoms with Crippen molar-refractivity contribution in [2.45, 2.75) is 0 Å². The van der Waals surface area contributed by atoms with Gasteiger partial charge in [0.15, 0.2) is 0 Å². The molecular formula is C46H29NS. The van der Waals surface area contributed by atoms with Crippen molar-refractivity contribution in [3.63, 3.8) is 0 Å². The van der Waals surface area contributed by atoms with Crippen molar-refractivity contribution in [1.82, 2.24) is 0 Å². The Kier molecular flexibility index (Phi) is 6.12. The highest BCUT2D eigenvalue weighted by Crippen LogP contribution is 2.46. The van der Waals surface area contributed by atoms with Gasteiger partial charge in [0, 0.05) is 36.9 Å². The number of hydrogen-bond donors (Lipinski definition) is 0. The van der Waals surface area contributed by atoms with Crippen LogP contribution in [0.5, 0.6) is 0 Å². The van der Waals surface area contributed by atoms with Gasteiger partial charge in [0.1, 0.15) is 0 Å². The fourth-order valence-electron chi connectivity index (χ4n) is 7.58. The molecule has 1 nitrogen and oxygen atoms in total. The van der Waals surface area contributed by atoms with Crippen LogP contribution in [0.2, 0.25) is 0 Å². The average molecular weight is 628 g/mol. The second-order valence-electron chi connectivity index (χ2n) is 12.5. The molecule has 0 bridgehead atoms. The molecule has 0 atom stereocenters. The van der Waals surface area contributed by atoms with Gasteiger partial charge in [-0.3, -0.25) is 0 Å². The molecule has 0 N–H and O–H groups in total. The smallest absolute Gasteiger partial charge is 0.0546 e. The lowest BCUT2D eigenvalue weighted by Crippen LogP contribution is -2.10. The molecule has 0 spiro atoms. The summed E-state index contributed by atoms with van der Waals surface area (Å²) >= 11 is 1.88. The maximum atomic E-state index is 2.45. The highest BCUT2D eigenvalue weighted by Gasteiger charge is 2.20. The number of fused-ring (bicyclic) bond motifs is 10. The van der Waals surface area contributed by atoms with Gasteiger partial charge in [-0.1, -0.05) is 140 Å².